The minimum absolute atomic E-state index is 0.0207. The zero-order chi connectivity index (χ0) is 25.5. The molecule has 1 amide bonds. The number of rotatable bonds is 5. The van der Waals surface area contributed by atoms with Crippen molar-refractivity contribution in [3.05, 3.63) is 78.4 Å². The highest BCUT2D eigenvalue weighted by Gasteiger charge is 2.28. The van der Waals surface area contributed by atoms with Crippen LogP contribution in [0.3, 0.4) is 0 Å². The summed E-state index contributed by atoms with van der Waals surface area (Å²) in [5.74, 6) is 0.121. The van der Waals surface area contributed by atoms with Gasteiger partial charge < -0.3 is 15.5 Å². The van der Waals surface area contributed by atoms with Gasteiger partial charge in [-0.05, 0) is 42.5 Å². The molecule has 1 fully saturated rings. The van der Waals surface area contributed by atoms with Crippen molar-refractivity contribution in [3.63, 3.8) is 0 Å². The maximum Gasteiger partial charge on any atom is 0.246 e. The van der Waals surface area contributed by atoms with Crippen LogP contribution in [0.1, 0.15) is 30.0 Å². The lowest BCUT2D eigenvalue weighted by molar-refractivity contribution is -0.127. The van der Waals surface area contributed by atoms with Crippen molar-refractivity contribution in [3.8, 4) is 11.3 Å². The van der Waals surface area contributed by atoms with Crippen LogP contribution in [0, 0.1) is 5.82 Å². The second kappa shape index (κ2) is 9.31. The summed E-state index contributed by atoms with van der Waals surface area (Å²) in [6.45, 7) is 6.29. The van der Waals surface area contributed by atoms with Crippen LogP contribution in [-0.4, -0.2) is 50.2 Å². The minimum atomic E-state index is -0.171. The molecule has 0 aliphatic carbocycles. The molecule has 9 heteroatoms. The van der Waals surface area contributed by atoms with E-state index in [1.54, 1.807) is 11.0 Å². The highest BCUT2D eigenvalue weighted by atomic mass is 19.1. The quantitative estimate of drug-likeness (QED) is 0.417. The fraction of sp³-hybridized carbons (Fsp3) is 0.286. The minimum Gasteiger partial charge on any atom is -0.383 e. The Bertz CT molecular complexity index is 1500. The molecule has 1 atom stereocenters. The van der Waals surface area contributed by atoms with Gasteiger partial charge in [-0.15, -0.1) is 0 Å². The molecule has 2 aliphatic heterocycles. The average molecular weight is 498 g/mol. The zero-order valence-electron chi connectivity index (χ0n) is 20.5. The molecule has 1 saturated heterocycles. The summed E-state index contributed by atoms with van der Waals surface area (Å²) in [6.07, 6.45) is 5.41. The number of carbonyl (C=O) groups is 1. The molecular formula is C28H28FN7O. The third kappa shape index (κ3) is 4.10. The maximum absolute atomic E-state index is 14.5. The summed E-state index contributed by atoms with van der Waals surface area (Å²) in [4.78, 5) is 24.9. The molecule has 2 aliphatic rings. The second-order valence-corrected chi connectivity index (χ2v) is 9.65. The number of amides is 1. The Balaban J connectivity index is 1.31. The van der Waals surface area contributed by atoms with E-state index >= 15 is 0 Å². The molecule has 4 aromatic rings. The predicted molar refractivity (Wildman–Crippen MR) is 141 cm³/mol. The third-order valence-electron chi connectivity index (χ3n) is 7.39. The Kier molecular flexibility index (Phi) is 5.82. The standard InChI is InChI=1S/C28H28FN7O/c1-2-23(37)34-13-4-6-21(16-34)36-28-24(27(30)31-17-32-28)25(33-36)19-10-8-18(9-11-19)15-35-14-12-20-5-3-7-22(29)26(20)35/h2-3,5,7-11,17,21H,1,4,6,12-16H2,(H2,30,31,32). The number of carbonyl (C=O) groups excluding carboxylic acids is 1. The van der Waals surface area contributed by atoms with Crippen molar-refractivity contribution in [1.82, 2.24) is 24.6 Å². The van der Waals surface area contributed by atoms with Gasteiger partial charge in [-0.3, -0.25) is 4.79 Å². The first-order chi connectivity index (χ1) is 18.0. The first-order valence-electron chi connectivity index (χ1n) is 12.5. The largest absolute Gasteiger partial charge is 0.383 e. The first-order valence-corrected chi connectivity index (χ1v) is 12.5. The number of hydrogen-bond acceptors (Lipinski definition) is 6. The Hall–Kier alpha value is -4.27. The van der Waals surface area contributed by atoms with E-state index in [1.807, 2.05) is 35.0 Å². The second-order valence-electron chi connectivity index (χ2n) is 9.65. The van der Waals surface area contributed by atoms with Crippen LogP contribution in [0.4, 0.5) is 15.9 Å². The summed E-state index contributed by atoms with van der Waals surface area (Å²) < 4.78 is 16.3. The van der Waals surface area contributed by atoms with Gasteiger partial charge in [0.2, 0.25) is 5.91 Å². The lowest BCUT2D eigenvalue weighted by atomic mass is 10.1. The number of hydrogen-bond donors (Lipinski definition) is 1. The Labute approximate surface area is 214 Å². The number of fused-ring (bicyclic) bond motifs is 2. The summed E-state index contributed by atoms with van der Waals surface area (Å²) in [6, 6.07) is 13.4. The van der Waals surface area contributed by atoms with E-state index in [1.165, 1.54) is 18.5 Å². The SMILES string of the molecule is C=CC(=O)N1CCCC(n2nc(-c3ccc(CN4CCc5cccc(F)c54)cc3)c3c(N)ncnc32)C1. The van der Waals surface area contributed by atoms with Crippen LogP contribution in [-0.2, 0) is 17.8 Å². The predicted octanol–water partition coefficient (Wildman–Crippen LogP) is 4.13. The Morgan fingerprint density at radius 1 is 1.16 bits per heavy atom. The highest BCUT2D eigenvalue weighted by molar-refractivity contribution is 5.98. The molecule has 1 unspecified atom stereocenters. The summed E-state index contributed by atoms with van der Waals surface area (Å²) in [5.41, 5.74) is 11.4. The van der Waals surface area contributed by atoms with Gasteiger partial charge in [0.05, 0.1) is 17.1 Å². The monoisotopic (exact) mass is 497 g/mol. The maximum atomic E-state index is 14.5. The normalized spacial score (nSPS) is 17.3. The molecule has 6 rings (SSSR count). The number of para-hydroxylation sites is 1. The number of piperidine rings is 1. The number of nitrogens with two attached hydrogens (primary N) is 1. The Morgan fingerprint density at radius 2 is 2.00 bits per heavy atom. The van der Waals surface area contributed by atoms with Crippen molar-refractivity contribution >= 4 is 28.4 Å². The first kappa shape index (κ1) is 23.1. The number of halogens is 1. The molecule has 0 saturated carbocycles. The smallest absolute Gasteiger partial charge is 0.246 e. The molecule has 188 valence electrons. The van der Waals surface area contributed by atoms with Crippen LogP contribution in [0.2, 0.25) is 0 Å². The molecule has 0 spiro atoms. The molecule has 37 heavy (non-hydrogen) atoms. The van der Waals surface area contributed by atoms with Crippen molar-refractivity contribution in [1.29, 1.82) is 0 Å². The molecule has 0 radical (unpaired) electrons. The van der Waals surface area contributed by atoms with Gasteiger partial charge in [0.15, 0.2) is 5.65 Å². The molecular weight excluding hydrogens is 469 g/mol. The number of benzene rings is 2. The number of likely N-dealkylation sites (tertiary alicyclic amines) is 1. The van der Waals surface area contributed by atoms with E-state index in [9.17, 15) is 9.18 Å². The van der Waals surface area contributed by atoms with Crippen molar-refractivity contribution < 1.29 is 9.18 Å². The third-order valence-corrected chi connectivity index (χ3v) is 7.39. The van der Waals surface area contributed by atoms with Gasteiger partial charge in [0.1, 0.15) is 23.7 Å². The molecule has 4 heterocycles. The number of anilines is 2. The van der Waals surface area contributed by atoms with Gasteiger partial charge in [-0.2, -0.15) is 5.10 Å². The summed E-state index contributed by atoms with van der Waals surface area (Å²) in [7, 11) is 0. The van der Waals surface area contributed by atoms with Gasteiger partial charge in [-0.25, -0.2) is 19.0 Å². The average Bonchev–Trinajstić information content (AvgIpc) is 3.52. The fourth-order valence-corrected chi connectivity index (χ4v) is 5.57. The molecule has 8 nitrogen and oxygen atoms in total. The van der Waals surface area contributed by atoms with E-state index in [4.69, 9.17) is 10.8 Å². The van der Waals surface area contributed by atoms with E-state index in [-0.39, 0.29) is 17.8 Å². The lowest BCUT2D eigenvalue weighted by Gasteiger charge is -2.32. The van der Waals surface area contributed by atoms with Crippen LogP contribution in [0.25, 0.3) is 22.3 Å². The topological polar surface area (TPSA) is 93.2 Å². The van der Waals surface area contributed by atoms with Crippen molar-refractivity contribution in [2.24, 2.45) is 0 Å². The molecule has 2 N–H and O–H groups in total. The van der Waals surface area contributed by atoms with E-state index in [2.05, 4.69) is 21.4 Å². The van der Waals surface area contributed by atoms with E-state index in [0.717, 1.165) is 42.5 Å². The zero-order valence-corrected chi connectivity index (χ0v) is 20.5. The number of aromatic nitrogens is 4. The fourth-order valence-electron chi connectivity index (χ4n) is 5.57. The van der Waals surface area contributed by atoms with Gasteiger partial charge in [-0.1, -0.05) is 43.0 Å². The highest BCUT2D eigenvalue weighted by Crippen LogP contribution is 2.35. The van der Waals surface area contributed by atoms with Gasteiger partial charge >= 0.3 is 0 Å². The van der Waals surface area contributed by atoms with Crippen LogP contribution in [0.5, 0.6) is 0 Å². The van der Waals surface area contributed by atoms with E-state index < -0.39 is 0 Å². The summed E-state index contributed by atoms with van der Waals surface area (Å²) >= 11 is 0. The van der Waals surface area contributed by atoms with Crippen LogP contribution >= 0.6 is 0 Å². The summed E-state index contributed by atoms with van der Waals surface area (Å²) in [5, 5.41) is 5.65. The van der Waals surface area contributed by atoms with E-state index in [0.29, 0.717) is 47.9 Å². The van der Waals surface area contributed by atoms with Gasteiger partial charge in [0, 0.05) is 31.7 Å². The Morgan fingerprint density at radius 3 is 2.81 bits per heavy atom. The number of nitrogens with zero attached hydrogens (tertiary/aromatic N) is 6. The van der Waals surface area contributed by atoms with Crippen molar-refractivity contribution in [2.75, 3.05) is 30.3 Å². The molecule has 0 bridgehead atoms. The van der Waals surface area contributed by atoms with Crippen LogP contribution < -0.4 is 10.6 Å². The number of nitrogen functional groups attached to an aromatic ring is 1. The van der Waals surface area contributed by atoms with Crippen LogP contribution in [0.15, 0.2) is 61.4 Å². The molecule has 2 aromatic carbocycles. The lowest BCUT2D eigenvalue weighted by Crippen LogP contribution is -2.40. The van der Waals surface area contributed by atoms with Crippen molar-refractivity contribution in [2.45, 2.75) is 31.8 Å². The van der Waals surface area contributed by atoms with Gasteiger partial charge in [0.25, 0.3) is 0 Å². The molecule has 2 aromatic heterocycles.